The van der Waals surface area contributed by atoms with E-state index in [1.165, 1.54) is 24.6 Å². The second-order valence-corrected chi connectivity index (χ2v) is 9.23. The molecular formula is C31H28ClF2NO. The number of carbonyl (C=O) groups excluding carboxylic acids is 1. The monoisotopic (exact) mass is 503 g/mol. The number of hydrogen-bond donors (Lipinski definition) is 1. The molecule has 36 heavy (non-hydrogen) atoms. The van der Waals surface area contributed by atoms with Gasteiger partial charge in [-0.05, 0) is 64.1 Å². The van der Waals surface area contributed by atoms with Gasteiger partial charge in [0.2, 0.25) is 5.91 Å². The number of alkyl halides is 2. The Bertz CT molecular complexity index is 1330. The summed E-state index contributed by atoms with van der Waals surface area (Å²) in [6.07, 6.45) is 0.793. The molecule has 0 aromatic heterocycles. The second-order valence-electron chi connectivity index (χ2n) is 8.80. The van der Waals surface area contributed by atoms with Crippen LogP contribution in [0.2, 0.25) is 5.02 Å². The molecule has 5 heteroatoms. The van der Waals surface area contributed by atoms with Crippen LogP contribution in [0, 0.1) is 0 Å². The summed E-state index contributed by atoms with van der Waals surface area (Å²) in [4.78, 5) is 12.5. The molecule has 1 amide bonds. The van der Waals surface area contributed by atoms with Gasteiger partial charge in [-0.15, -0.1) is 0 Å². The topological polar surface area (TPSA) is 29.1 Å². The summed E-state index contributed by atoms with van der Waals surface area (Å²) in [5.41, 5.74) is 6.92. The molecule has 184 valence electrons. The summed E-state index contributed by atoms with van der Waals surface area (Å²) in [5, 5.41) is 3.59. The quantitative estimate of drug-likeness (QED) is 0.255. The standard InChI is InChI=1S/C31H28ClF2NO/c1-3-21-7-18-28(29(19-21)24-8-14-26(32)15-9-24)23-10-16-27(17-11-23)35-30(36)20-22-5-12-25(13-6-22)31(33,34)4-2/h5-19H,3-4,20H2,1-2H3,(H,35,36). The van der Waals surface area contributed by atoms with Gasteiger partial charge < -0.3 is 5.32 Å². The summed E-state index contributed by atoms with van der Waals surface area (Å²) < 4.78 is 27.6. The van der Waals surface area contributed by atoms with Crippen LogP contribution in [-0.4, -0.2) is 5.91 Å². The van der Waals surface area contributed by atoms with Gasteiger partial charge in [-0.2, -0.15) is 0 Å². The third-order valence-corrected chi connectivity index (χ3v) is 6.56. The Labute approximate surface area is 216 Å². The van der Waals surface area contributed by atoms with E-state index in [9.17, 15) is 13.6 Å². The SMILES string of the molecule is CCc1ccc(-c2ccc(NC(=O)Cc3ccc(C(F)(F)CC)cc3)cc2)c(-c2ccc(Cl)cc2)c1. The predicted octanol–water partition coefficient (Wildman–Crippen LogP) is 8.92. The Hall–Kier alpha value is -3.50. The minimum atomic E-state index is -2.85. The molecular weight excluding hydrogens is 476 g/mol. The minimum absolute atomic E-state index is 0.0327. The Kier molecular flexibility index (Phi) is 7.85. The summed E-state index contributed by atoms with van der Waals surface area (Å²) in [6, 6.07) is 27.9. The van der Waals surface area contributed by atoms with Crippen molar-refractivity contribution in [2.45, 2.75) is 39.0 Å². The van der Waals surface area contributed by atoms with E-state index in [4.69, 9.17) is 11.6 Å². The van der Waals surface area contributed by atoms with E-state index in [1.807, 2.05) is 48.5 Å². The Balaban J connectivity index is 1.49. The highest BCUT2D eigenvalue weighted by Gasteiger charge is 2.28. The number of benzene rings is 4. The van der Waals surface area contributed by atoms with Crippen molar-refractivity contribution < 1.29 is 13.6 Å². The predicted molar refractivity (Wildman–Crippen MR) is 145 cm³/mol. The zero-order valence-corrected chi connectivity index (χ0v) is 21.1. The fourth-order valence-electron chi connectivity index (χ4n) is 4.13. The highest BCUT2D eigenvalue weighted by Crippen LogP contribution is 2.35. The molecule has 0 fully saturated rings. The number of carbonyl (C=O) groups is 1. The third kappa shape index (κ3) is 6.00. The molecule has 0 heterocycles. The van der Waals surface area contributed by atoms with Gasteiger partial charge in [0.1, 0.15) is 0 Å². The van der Waals surface area contributed by atoms with Crippen molar-refractivity contribution in [3.05, 3.63) is 113 Å². The molecule has 0 aliphatic rings. The van der Waals surface area contributed by atoms with Crippen LogP contribution < -0.4 is 5.32 Å². The maximum atomic E-state index is 13.8. The molecule has 0 unspecified atom stereocenters. The van der Waals surface area contributed by atoms with Crippen LogP contribution >= 0.6 is 11.6 Å². The van der Waals surface area contributed by atoms with Crippen LogP contribution in [0.5, 0.6) is 0 Å². The zero-order chi connectivity index (χ0) is 25.7. The molecule has 0 aliphatic carbocycles. The molecule has 0 atom stereocenters. The number of nitrogens with one attached hydrogen (secondary N) is 1. The molecule has 0 spiro atoms. The molecule has 4 aromatic rings. The Morgan fingerprint density at radius 3 is 1.97 bits per heavy atom. The lowest BCUT2D eigenvalue weighted by Gasteiger charge is -2.15. The molecule has 0 aliphatic heterocycles. The summed E-state index contributed by atoms with van der Waals surface area (Å²) in [5.74, 6) is -3.06. The van der Waals surface area contributed by atoms with Crippen LogP contribution in [0.1, 0.15) is 37.0 Å². The highest BCUT2D eigenvalue weighted by atomic mass is 35.5. The minimum Gasteiger partial charge on any atom is -0.326 e. The van der Waals surface area contributed by atoms with Gasteiger partial charge in [-0.25, -0.2) is 8.78 Å². The van der Waals surface area contributed by atoms with E-state index in [2.05, 4.69) is 30.4 Å². The summed E-state index contributed by atoms with van der Waals surface area (Å²) in [6.45, 7) is 3.58. The molecule has 1 N–H and O–H groups in total. The first-order chi connectivity index (χ1) is 17.3. The van der Waals surface area contributed by atoms with Gasteiger partial charge >= 0.3 is 0 Å². The van der Waals surface area contributed by atoms with Gasteiger partial charge in [-0.1, -0.05) is 92.2 Å². The maximum Gasteiger partial charge on any atom is 0.273 e. The maximum absolute atomic E-state index is 13.8. The summed E-state index contributed by atoms with van der Waals surface area (Å²) in [7, 11) is 0. The lowest BCUT2D eigenvalue weighted by atomic mass is 9.92. The number of halogens is 3. The average molecular weight is 504 g/mol. The fourth-order valence-corrected chi connectivity index (χ4v) is 4.25. The van der Waals surface area contributed by atoms with Gasteiger partial charge in [-0.3, -0.25) is 4.79 Å². The normalized spacial score (nSPS) is 11.4. The molecule has 0 saturated carbocycles. The van der Waals surface area contributed by atoms with Crippen LogP contribution in [0.4, 0.5) is 14.5 Å². The van der Waals surface area contributed by atoms with Crippen molar-refractivity contribution in [3.63, 3.8) is 0 Å². The highest BCUT2D eigenvalue weighted by molar-refractivity contribution is 6.30. The van der Waals surface area contributed by atoms with E-state index in [1.54, 1.807) is 12.1 Å². The smallest absolute Gasteiger partial charge is 0.273 e. The van der Waals surface area contributed by atoms with E-state index in [0.717, 1.165) is 28.7 Å². The van der Waals surface area contributed by atoms with Gasteiger partial charge in [0, 0.05) is 22.7 Å². The number of anilines is 1. The average Bonchev–Trinajstić information content (AvgIpc) is 2.89. The zero-order valence-electron chi connectivity index (χ0n) is 20.3. The van der Waals surface area contributed by atoms with Crippen molar-refractivity contribution in [3.8, 4) is 22.3 Å². The number of rotatable bonds is 8. The largest absolute Gasteiger partial charge is 0.326 e. The second kappa shape index (κ2) is 11.0. The Morgan fingerprint density at radius 2 is 1.36 bits per heavy atom. The fraction of sp³-hybridized carbons (Fsp3) is 0.194. The molecule has 0 radical (unpaired) electrons. The first kappa shape index (κ1) is 25.6. The van der Waals surface area contributed by atoms with Crippen molar-refractivity contribution in [2.24, 2.45) is 0 Å². The van der Waals surface area contributed by atoms with Gasteiger partial charge in [0.25, 0.3) is 5.92 Å². The Morgan fingerprint density at radius 1 is 0.778 bits per heavy atom. The molecule has 4 rings (SSSR count). The van der Waals surface area contributed by atoms with Crippen LogP contribution in [0.15, 0.2) is 91.0 Å². The van der Waals surface area contributed by atoms with Gasteiger partial charge in [0.15, 0.2) is 0 Å². The van der Waals surface area contributed by atoms with Crippen molar-refractivity contribution >= 4 is 23.2 Å². The first-order valence-electron chi connectivity index (χ1n) is 12.1. The first-order valence-corrected chi connectivity index (χ1v) is 12.4. The molecule has 4 aromatic carbocycles. The number of hydrogen-bond acceptors (Lipinski definition) is 1. The van der Waals surface area contributed by atoms with Crippen LogP contribution in [-0.2, 0) is 23.6 Å². The molecule has 0 bridgehead atoms. The van der Waals surface area contributed by atoms with Crippen LogP contribution in [0.3, 0.4) is 0 Å². The van der Waals surface area contributed by atoms with Crippen molar-refractivity contribution in [1.82, 2.24) is 0 Å². The van der Waals surface area contributed by atoms with Crippen LogP contribution in [0.25, 0.3) is 22.3 Å². The van der Waals surface area contributed by atoms with E-state index in [-0.39, 0.29) is 24.3 Å². The van der Waals surface area contributed by atoms with E-state index < -0.39 is 5.92 Å². The van der Waals surface area contributed by atoms with Crippen molar-refractivity contribution in [1.29, 1.82) is 0 Å². The third-order valence-electron chi connectivity index (χ3n) is 6.31. The van der Waals surface area contributed by atoms with Crippen molar-refractivity contribution in [2.75, 3.05) is 5.32 Å². The lowest BCUT2D eigenvalue weighted by Crippen LogP contribution is -2.15. The van der Waals surface area contributed by atoms with E-state index in [0.29, 0.717) is 16.3 Å². The lowest BCUT2D eigenvalue weighted by molar-refractivity contribution is -0.115. The molecule has 2 nitrogen and oxygen atoms in total. The summed E-state index contributed by atoms with van der Waals surface area (Å²) >= 11 is 6.09. The van der Waals surface area contributed by atoms with Gasteiger partial charge in [0.05, 0.1) is 6.42 Å². The van der Waals surface area contributed by atoms with E-state index >= 15 is 0 Å². The number of amides is 1. The molecule has 0 saturated heterocycles. The number of aryl methyl sites for hydroxylation is 1.